The van der Waals surface area contributed by atoms with Crippen molar-refractivity contribution < 1.29 is 9.53 Å². The third kappa shape index (κ3) is 4.16. The molecule has 2 heterocycles. The number of carbonyl (C=O) groups is 1. The molecule has 1 aliphatic carbocycles. The van der Waals surface area contributed by atoms with Crippen LogP contribution in [0.3, 0.4) is 0 Å². The first-order chi connectivity index (χ1) is 14.3. The Morgan fingerprint density at radius 3 is 2.43 bits per heavy atom. The van der Waals surface area contributed by atoms with Crippen LogP contribution in [0.4, 0.5) is 10.6 Å². The zero-order valence-corrected chi connectivity index (χ0v) is 18.3. The molecule has 0 atom stereocenters. The standard InChI is InChI=1S/C23H26N4O2S/c1-22(2,3)29-21(28)25-23(10-4-11-23)17-7-5-15(6-8-17)20-18(13-19(24)26-27-20)16-9-12-30-14-16/h5-9,12-14H,4,10-11H2,1-3H3,(H2,24,26)(H,25,28). The van der Waals surface area contributed by atoms with Crippen LogP contribution in [-0.2, 0) is 10.3 Å². The lowest BCUT2D eigenvalue weighted by molar-refractivity contribution is 0.0377. The molecule has 156 valence electrons. The molecule has 3 N–H and O–H groups in total. The second kappa shape index (κ2) is 7.72. The van der Waals surface area contributed by atoms with Crippen LogP contribution in [-0.4, -0.2) is 21.9 Å². The average Bonchev–Trinajstić information content (AvgIpc) is 3.18. The third-order valence-corrected chi connectivity index (χ3v) is 5.99. The van der Waals surface area contributed by atoms with E-state index in [0.29, 0.717) is 5.82 Å². The molecular weight excluding hydrogens is 396 g/mol. The Bertz CT molecular complexity index is 1040. The lowest BCUT2D eigenvalue weighted by atomic mass is 9.71. The molecule has 2 aromatic heterocycles. The van der Waals surface area contributed by atoms with E-state index in [4.69, 9.17) is 10.5 Å². The molecule has 1 amide bonds. The third-order valence-electron chi connectivity index (χ3n) is 5.30. The van der Waals surface area contributed by atoms with Crippen molar-refractivity contribution in [2.75, 3.05) is 5.73 Å². The Balaban J connectivity index is 1.61. The second-order valence-corrected chi connectivity index (χ2v) is 9.46. The van der Waals surface area contributed by atoms with Gasteiger partial charge in [0.25, 0.3) is 0 Å². The summed E-state index contributed by atoms with van der Waals surface area (Å²) >= 11 is 1.63. The molecule has 0 saturated heterocycles. The van der Waals surface area contributed by atoms with Gasteiger partial charge in [-0.2, -0.15) is 11.3 Å². The molecule has 0 unspecified atom stereocenters. The van der Waals surface area contributed by atoms with Gasteiger partial charge >= 0.3 is 6.09 Å². The highest BCUT2D eigenvalue weighted by atomic mass is 32.1. The number of anilines is 1. The maximum atomic E-state index is 12.4. The van der Waals surface area contributed by atoms with Gasteiger partial charge in [-0.15, -0.1) is 10.2 Å². The van der Waals surface area contributed by atoms with E-state index in [0.717, 1.165) is 47.2 Å². The van der Waals surface area contributed by atoms with E-state index in [2.05, 4.69) is 33.0 Å². The number of carbonyl (C=O) groups excluding carboxylic acids is 1. The van der Waals surface area contributed by atoms with Gasteiger partial charge in [0.1, 0.15) is 17.1 Å². The normalized spacial score (nSPS) is 15.3. The topological polar surface area (TPSA) is 90.1 Å². The van der Waals surface area contributed by atoms with Gasteiger partial charge in [0.2, 0.25) is 0 Å². The number of nitrogen functional groups attached to an aromatic ring is 1. The quantitative estimate of drug-likeness (QED) is 0.591. The Hall–Kier alpha value is -2.93. The van der Waals surface area contributed by atoms with Crippen LogP contribution >= 0.6 is 11.3 Å². The highest BCUT2D eigenvalue weighted by Crippen LogP contribution is 2.42. The van der Waals surface area contributed by atoms with Crippen molar-refractivity contribution in [3.63, 3.8) is 0 Å². The first kappa shape index (κ1) is 20.3. The lowest BCUT2D eigenvalue weighted by Gasteiger charge is -2.43. The molecule has 4 rings (SSSR count). The molecule has 3 aromatic rings. The van der Waals surface area contributed by atoms with Crippen LogP contribution < -0.4 is 11.1 Å². The molecule has 1 fully saturated rings. The van der Waals surface area contributed by atoms with Crippen molar-refractivity contribution in [2.45, 2.75) is 51.2 Å². The Morgan fingerprint density at radius 2 is 1.87 bits per heavy atom. The number of nitrogens with zero attached hydrogens (tertiary/aromatic N) is 2. The number of rotatable bonds is 4. The fourth-order valence-corrected chi connectivity index (χ4v) is 4.38. The van der Waals surface area contributed by atoms with Gasteiger partial charge in [-0.25, -0.2) is 4.79 Å². The molecule has 1 aromatic carbocycles. The second-order valence-electron chi connectivity index (χ2n) is 8.68. The largest absolute Gasteiger partial charge is 0.444 e. The number of nitrogens with one attached hydrogen (secondary N) is 1. The molecule has 0 bridgehead atoms. The van der Waals surface area contributed by atoms with Gasteiger partial charge in [-0.1, -0.05) is 24.3 Å². The highest BCUT2D eigenvalue weighted by molar-refractivity contribution is 7.08. The molecule has 1 saturated carbocycles. The number of hydrogen-bond acceptors (Lipinski definition) is 6. The van der Waals surface area contributed by atoms with Gasteiger partial charge in [-0.05, 0) is 74.1 Å². The molecule has 0 aliphatic heterocycles. The first-order valence-corrected chi connectivity index (χ1v) is 11.0. The van der Waals surface area contributed by atoms with Crippen LogP contribution in [0.15, 0.2) is 47.2 Å². The molecular formula is C23H26N4O2S. The predicted octanol–water partition coefficient (Wildman–Crippen LogP) is 5.36. The summed E-state index contributed by atoms with van der Waals surface area (Å²) in [6.07, 6.45) is 2.49. The van der Waals surface area contributed by atoms with Gasteiger partial charge in [0, 0.05) is 11.1 Å². The summed E-state index contributed by atoms with van der Waals surface area (Å²) in [6, 6.07) is 12.1. The van der Waals surface area contributed by atoms with Gasteiger partial charge in [-0.3, -0.25) is 0 Å². The number of alkyl carbamates (subject to hydrolysis) is 1. The molecule has 7 heteroatoms. The summed E-state index contributed by atoms with van der Waals surface area (Å²) in [5.41, 5.74) is 9.84. The Kier molecular flexibility index (Phi) is 5.24. The van der Waals surface area contributed by atoms with Crippen LogP contribution in [0, 0.1) is 0 Å². The smallest absolute Gasteiger partial charge is 0.408 e. The molecule has 0 radical (unpaired) electrons. The molecule has 1 aliphatic rings. The Morgan fingerprint density at radius 1 is 1.13 bits per heavy atom. The fourth-order valence-electron chi connectivity index (χ4n) is 3.72. The summed E-state index contributed by atoms with van der Waals surface area (Å²) in [5, 5.41) is 15.6. The number of nitrogens with two attached hydrogens (primary N) is 1. The van der Waals surface area contributed by atoms with E-state index < -0.39 is 5.60 Å². The predicted molar refractivity (Wildman–Crippen MR) is 120 cm³/mol. The van der Waals surface area contributed by atoms with Gasteiger partial charge in [0.15, 0.2) is 0 Å². The molecule has 0 spiro atoms. The van der Waals surface area contributed by atoms with Gasteiger partial charge < -0.3 is 15.8 Å². The van der Waals surface area contributed by atoms with Crippen molar-refractivity contribution in [2.24, 2.45) is 0 Å². The van der Waals surface area contributed by atoms with Crippen LogP contribution in [0.25, 0.3) is 22.4 Å². The minimum atomic E-state index is -0.523. The summed E-state index contributed by atoms with van der Waals surface area (Å²) < 4.78 is 5.47. The van der Waals surface area contributed by atoms with Crippen molar-refractivity contribution in [1.82, 2.24) is 15.5 Å². The fraction of sp³-hybridized carbons (Fsp3) is 0.348. The van der Waals surface area contributed by atoms with Crippen molar-refractivity contribution >= 4 is 23.2 Å². The minimum Gasteiger partial charge on any atom is -0.444 e. The molecule has 6 nitrogen and oxygen atoms in total. The van der Waals surface area contributed by atoms with Crippen LogP contribution in [0.5, 0.6) is 0 Å². The zero-order valence-electron chi connectivity index (χ0n) is 17.4. The maximum absolute atomic E-state index is 12.4. The highest BCUT2D eigenvalue weighted by Gasteiger charge is 2.41. The average molecular weight is 423 g/mol. The van der Waals surface area contributed by atoms with E-state index in [1.165, 1.54) is 0 Å². The van der Waals surface area contributed by atoms with E-state index in [1.807, 2.05) is 50.4 Å². The summed E-state index contributed by atoms with van der Waals surface area (Å²) in [5.74, 6) is 0.395. The van der Waals surface area contributed by atoms with Crippen molar-refractivity contribution in [3.05, 3.63) is 52.7 Å². The number of thiophene rings is 1. The van der Waals surface area contributed by atoms with Crippen molar-refractivity contribution in [3.8, 4) is 22.4 Å². The monoisotopic (exact) mass is 422 g/mol. The van der Waals surface area contributed by atoms with Gasteiger partial charge in [0.05, 0.1) is 5.54 Å². The first-order valence-electron chi connectivity index (χ1n) is 10.0. The number of hydrogen-bond donors (Lipinski definition) is 2. The van der Waals surface area contributed by atoms with E-state index in [1.54, 1.807) is 11.3 Å². The zero-order chi connectivity index (χ0) is 21.4. The summed E-state index contributed by atoms with van der Waals surface area (Å²) in [7, 11) is 0. The van der Waals surface area contributed by atoms with E-state index in [-0.39, 0.29) is 11.6 Å². The van der Waals surface area contributed by atoms with E-state index in [9.17, 15) is 4.79 Å². The SMILES string of the molecule is CC(C)(C)OC(=O)NC1(c2ccc(-c3nnc(N)cc3-c3ccsc3)cc2)CCC1. The van der Waals surface area contributed by atoms with Crippen LogP contribution in [0.2, 0.25) is 0 Å². The Labute approximate surface area is 180 Å². The summed E-state index contributed by atoms with van der Waals surface area (Å²) in [4.78, 5) is 12.4. The number of aromatic nitrogens is 2. The van der Waals surface area contributed by atoms with Crippen LogP contribution in [0.1, 0.15) is 45.6 Å². The maximum Gasteiger partial charge on any atom is 0.408 e. The summed E-state index contributed by atoms with van der Waals surface area (Å²) in [6.45, 7) is 5.61. The minimum absolute atomic E-state index is 0.371. The van der Waals surface area contributed by atoms with E-state index >= 15 is 0 Å². The molecule has 30 heavy (non-hydrogen) atoms. The number of ether oxygens (including phenoxy) is 1. The number of benzene rings is 1. The number of amides is 1. The van der Waals surface area contributed by atoms with Crippen molar-refractivity contribution in [1.29, 1.82) is 0 Å². The lowest BCUT2D eigenvalue weighted by Crippen LogP contribution is -2.52.